The van der Waals surface area contributed by atoms with Crippen LogP contribution in [0.25, 0.3) is 6.08 Å². The van der Waals surface area contributed by atoms with Crippen LogP contribution < -0.4 is 4.74 Å². The summed E-state index contributed by atoms with van der Waals surface area (Å²) >= 11 is 6.58. The van der Waals surface area contributed by atoms with Gasteiger partial charge in [-0.3, -0.25) is 9.69 Å². The maximum absolute atomic E-state index is 12.6. The van der Waals surface area contributed by atoms with Crippen LogP contribution in [0.15, 0.2) is 23.1 Å². The van der Waals surface area contributed by atoms with Gasteiger partial charge in [-0.25, -0.2) is 0 Å². The highest BCUT2D eigenvalue weighted by Gasteiger charge is 2.34. The zero-order valence-electron chi connectivity index (χ0n) is 13.4. The van der Waals surface area contributed by atoms with E-state index in [0.717, 1.165) is 19.4 Å². The maximum Gasteiger partial charge on any atom is 0.266 e. The van der Waals surface area contributed by atoms with E-state index in [9.17, 15) is 9.90 Å². The number of aromatic hydroxyl groups is 1. The van der Waals surface area contributed by atoms with E-state index in [4.69, 9.17) is 21.7 Å². The summed E-state index contributed by atoms with van der Waals surface area (Å²) in [6.45, 7) is 3.54. The average molecular weight is 365 g/mol. The van der Waals surface area contributed by atoms with Crippen molar-refractivity contribution >= 4 is 40.3 Å². The van der Waals surface area contributed by atoms with E-state index in [-0.39, 0.29) is 17.8 Å². The molecule has 1 amide bonds. The van der Waals surface area contributed by atoms with E-state index in [1.54, 1.807) is 29.2 Å². The lowest BCUT2D eigenvalue weighted by Crippen LogP contribution is -2.35. The fourth-order valence-electron chi connectivity index (χ4n) is 2.72. The van der Waals surface area contributed by atoms with E-state index in [0.29, 0.717) is 33.7 Å². The fourth-order valence-corrected chi connectivity index (χ4v) is 3.98. The standard InChI is InChI=1S/C17H19NO4S2/c1-2-21-13-7-3-5-11(15(13)19)9-14-16(20)18(17(23)24-14)10-12-6-4-8-22-12/h3,5,7,9,12,19H,2,4,6,8,10H2,1H3/b14-9-/t12-/m1/s1. The molecule has 0 spiro atoms. The number of ether oxygens (including phenoxy) is 2. The summed E-state index contributed by atoms with van der Waals surface area (Å²) < 4.78 is 11.5. The minimum atomic E-state index is -0.137. The van der Waals surface area contributed by atoms with Crippen molar-refractivity contribution in [3.8, 4) is 11.5 Å². The van der Waals surface area contributed by atoms with Gasteiger partial charge >= 0.3 is 0 Å². The van der Waals surface area contributed by atoms with Gasteiger partial charge in [0.15, 0.2) is 11.5 Å². The largest absolute Gasteiger partial charge is 0.504 e. The number of nitrogens with zero attached hydrogens (tertiary/aromatic N) is 1. The summed E-state index contributed by atoms with van der Waals surface area (Å²) in [6.07, 6.45) is 3.69. The normalized spacial score (nSPS) is 22.6. The van der Waals surface area contributed by atoms with Crippen LogP contribution in [0.1, 0.15) is 25.3 Å². The van der Waals surface area contributed by atoms with Crippen molar-refractivity contribution in [2.75, 3.05) is 19.8 Å². The van der Waals surface area contributed by atoms with Gasteiger partial charge in [-0.2, -0.15) is 0 Å². The van der Waals surface area contributed by atoms with Crippen LogP contribution in [0, 0.1) is 0 Å². The number of thioether (sulfide) groups is 1. The van der Waals surface area contributed by atoms with Crippen LogP contribution in [0.2, 0.25) is 0 Å². The van der Waals surface area contributed by atoms with E-state index < -0.39 is 0 Å². The van der Waals surface area contributed by atoms with Gasteiger partial charge in [-0.15, -0.1) is 0 Å². The van der Waals surface area contributed by atoms with Crippen molar-refractivity contribution in [2.24, 2.45) is 0 Å². The first-order valence-corrected chi connectivity index (χ1v) is 9.14. The molecule has 2 saturated heterocycles. The summed E-state index contributed by atoms with van der Waals surface area (Å²) in [6, 6.07) is 5.22. The number of phenols is 1. The van der Waals surface area contributed by atoms with Crippen molar-refractivity contribution in [1.82, 2.24) is 4.90 Å². The zero-order chi connectivity index (χ0) is 17.1. The fraction of sp³-hybridized carbons (Fsp3) is 0.412. The molecule has 2 fully saturated rings. The Balaban J connectivity index is 1.80. The maximum atomic E-state index is 12.6. The quantitative estimate of drug-likeness (QED) is 0.639. The number of amides is 1. The number of thiocarbonyl (C=S) groups is 1. The molecule has 1 atom stereocenters. The Morgan fingerprint density at radius 2 is 2.38 bits per heavy atom. The molecule has 0 radical (unpaired) electrons. The first kappa shape index (κ1) is 17.3. The number of rotatable bonds is 5. The molecule has 2 aliphatic rings. The van der Waals surface area contributed by atoms with E-state index in [2.05, 4.69) is 0 Å². The Hall–Kier alpha value is -1.57. The number of phenolic OH excluding ortho intramolecular Hbond substituents is 1. The highest BCUT2D eigenvalue weighted by atomic mass is 32.2. The smallest absolute Gasteiger partial charge is 0.266 e. The van der Waals surface area contributed by atoms with E-state index in [1.165, 1.54) is 11.8 Å². The summed E-state index contributed by atoms with van der Waals surface area (Å²) in [5.74, 6) is 0.298. The molecule has 0 unspecified atom stereocenters. The summed E-state index contributed by atoms with van der Waals surface area (Å²) in [5.41, 5.74) is 0.540. The Labute approximate surface area is 150 Å². The zero-order valence-corrected chi connectivity index (χ0v) is 15.0. The monoisotopic (exact) mass is 365 g/mol. The van der Waals surface area contributed by atoms with E-state index in [1.807, 2.05) is 6.92 Å². The van der Waals surface area contributed by atoms with Crippen LogP contribution in [-0.4, -0.2) is 46.1 Å². The Morgan fingerprint density at radius 1 is 1.54 bits per heavy atom. The molecule has 24 heavy (non-hydrogen) atoms. The Morgan fingerprint density at radius 3 is 3.08 bits per heavy atom. The highest BCUT2D eigenvalue weighted by molar-refractivity contribution is 8.26. The predicted molar refractivity (Wildman–Crippen MR) is 98.1 cm³/mol. The molecule has 0 aliphatic carbocycles. The molecular weight excluding hydrogens is 346 g/mol. The summed E-state index contributed by atoms with van der Waals surface area (Å²) in [5, 5.41) is 10.3. The number of hydrogen-bond donors (Lipinski definition) is 1. The second kappa shape index (κ2) is 7.55. The molecule has 2 heterocycles. The Kier molecular flexibility index (Phi) is 5.43. The molecular formula is C17H19NO4S2. The van der Waals surface area contributed by atoms with Crippen LogP contribution in [0.3, 0.4) is 0 Å². The number of carbonyl (C=O) groups is 1. The molecule has 7 heteroatoms. The number of benzene rings is 1. The first-order valence-electron chi connectivity index (χ1n) is 7.92. The molecule has 0 bridgehead atoms. The van der Waals surface area contributed by atoms with Crippen LogP contribution in [0.5, 0.6) is 11.5 Å². The van der Waals surface area contributed by atoms with Gasteiger partial charge in [-0.05, 0) is 31.9 Å². The van der Waals surface area contributed by atoms with Crippen LogP contribution in [0.4, 0.5) is 0 Å². The molecule has 1 N–H and O–H groups in total. The lowest BCUT2D eigenvalue weighted by Gasteiger charge is -2.18. The van der Waals surface area contributed by atoms with Crippen molar-refractivity contribution in [2.45, 2.75) is 25.9 Å². The SMILES string of the molecule is CCOc1cccc(/C=C2\SC(=S)N(C[C@H]3CCCO3)C2=O)c1O. The molecule has 2 aliphatic heterocycles. The summed E-state index contributed by atoms with van der Waals surface area (Å²) in [4.78, 5) is 14.7. The van der Waals surface area contributed by atoms with Gasteiger partial charge in [0.2, 0.25) is 0 Å². The van der Waals surface area contributed by atoms with Gasteiger partial charge in [0.25, 0.3) is 5.91 Å². The molecule has 1 aromatic rings. The number of hydrogen-bond acceptors (Lipinski definition) is 6. The minimum absolute atomic E-state index is 0.0312. The van der Waals surface area contributed by atoms with Gasteiger partial charge in [0.05, 0.1) is 24.2 Å². The molecule has 128 valence electrons. The van der Waals surface area contributed by atoms with Gasteiger partial charge in [0.1, 0.15) is 4.32 Å². The number of para-hydroxylation sites is 1. The molecule has 0 aromatic heterocycles. The topological polar surface area (TPSA) is 59.0 Å². The van der Waals surface area contributed by atoms with Crippen molar-refractivity contribution < 1.29 is 19.4 Å². The average Bonchev–Trinajstić information content (AvgIpc) is 3.16. The lowest BCUT2D eigenvalue weighted by molar-refractivity contribution is -0.123. The van der Waals surface area contributed by atoms with Gasteiger partial charge in [-0.1, -0.05) is 36.1 Å². The van der Waals surface area contributed by atoms with Gasteiger partial charge in [0, 0.05) is 12.2 Å². The summed E-state index contributed by atoms with van der Waals surface area (Å²) in [7, 11) is 0. The Bertz CT molecular complexity index is 683. The number of carbonyl (C=O) groups excluding carboxylic acids is 1. The van der Waals surface area contributed by atoms with Gasteiger partial charge < -0.3 is 14.6 Å². The van der Waals surface area contributed by atoms with Crippen molar-refractivity contribution in [1.29, 1.82) is 0 Å². The second-order valence-corrected chi connectivity index (χ2v) is 7.23. The third kappa shape index (κ3) is 3.58. The first-order chi connectivity index (χ1) is 11.6. The third-order valence-corrected chi connectivity index (χ3v) is 5.28. The van der Waals surface area contributed by atoms with Crippen LogP contribution in [-0.2, 0) is 9.53 Å². The van der Waals surface area contributed by atoms with Crippen molar-refractivity contribution in [3.63, 3.8) is 0 Å². The van der Waals surface area contributed by atoms with Crippen molar-refractivity contribution in [3.05, 3.63) is 28.7 Å². The molecule has 5 nitrogen and oxygen atoms in total. The third-order valence-electron chi connectivity index (χ3n) is 3.90. The molecule has 3 rings (SSSR count). The molecule has 0 saturated carbocycles. The van der Waals surface area contributed by atoms with Crippen LogP contribution >= 0.6 is 24.0 Å². The lowest BCUT2D eigenvalue weighted by atomic mass is 10.1. The minimum Gasteiger partial charge on any atom is -0.504 e. The second-order valence-electron chi connectivity index (χ2n) is 5.55. The molecule has 1 aromatic carbocycles. The predicted octanol–water partition coefficient (Wildman–Crippen LogP) is 3.17. The van der Waals surface area contributed by atoms with E-state index >= 15 is 0 Å². The highest BCUT2D eigenvalue weighted by Crippen LogP contribution is 2.37.